The highest BCUT2D eigenvalue weighted by Gasteiger charge is 2.52. The van der Waals surface area contributed by atoms with Crippen molar-refractivity contribution in [1.29, 1.82) is 0 Å². The van der Waals surface area contributed by atoms with Crippen molar-refractivity contribution in [3.8, 4) is 0 Å². The molecule has 2 heterocycles. The van der Waals surface area contributed by atoms with Crippen LogP contribution in [0.3, 0.4) is 0 Å². The minimum atomic E-state index is -5.25. The predicted octanol–water partition coefficient (Wildman–Crippen LogP) is -5.74. The second-order valence-corrected chi connectivity index (χ2v) is 8.69. The summed E-state index contributed by atoms with van der Waals surface area (Å²) >= 11 is 0. The number of aliphatic hydroxyl groups excluding tert-OH is 6. The molecule has 0 aromatic rings. The van der Waals surface area contributed by atoms with Crippen molar-refractivity contribution < 1.29 is 79.2 Å². The summed E-state index contributed by atoms with van der Waals surface area (Å²) in [6.07, 6.45) is -19.7. The van der Waals surface area contributed by atoms with Crippen LogP contribution in [-0.4, -0.2) is 131 Å². The zero-order valence-electron chi connectivity index (χ0n) is 15.3. The number of hydrogen-bond donors (Lipinski definition) is 8. The molecule has 0 spiro atoms. The topological polar surface area (TPSA) is 276 Å². The molecule has 0 saturated carbocycles. The monoisotopic (exact) mass is 502 g/mol. The van der Waals surface area contributed by atoms with Gasteiger partial charge in [-0.05, 0) is 0 Å². The first-order chi connectivity index (χ1) is 14.1. The van der Waals surface area contributed by atoms with Crippen LogP contribution < -0.4 is 0 Å². The second-order valence-electron chi connectivity index (χ2n) is 6.55. The molecule has 184 valence electrons. The molecule has 0 amide bonds. The minimum Gasteiger partial charge on any atom is -0.394 e. The maximum absolute atomic E-state index is 11.1. The van der Waals surface area contributed by atoms with Gasteiger partial charge in [-0.1, -0.05) is 0 Å². The summed E-state index contributed by atoms with van der Waals surface area (Å²) in [5.74, 6) is 0. The second kappa shape index (κ2) is 10.1. The van der Waals surface area contributed by atoms with E-state index < -0.39 is 95.4 Å². The number of aliphatic hydroxyl groups is 6. The van der Waals surface area contributed by atoms with Crippen LogP contribution in [0.4, 0.5) is 0 Å². The van der Waals surface area contributed by atoms with Crippen molar-refractivity contribution in [1.82, 2.24) is 0 Å². The van der Waals surface area contributed by atoms with Crippen LogP contribution in [0.2, 0.25) is 0 Å². The first kappa shape index (κ1) is 26.6. The Labute approximate surface area is 175 Å². The van der Waals surface area contributed by atoms with E-state index in [1.54, 1.807) is 0 Å². The van der Waals surface area contributed by atoms with Gasteiger partial charge in [-0.15, -0.1) is 0 Å². The molecule has 2 rings (SSSR count). The van der Waals surface area contributed by atoms with Crippen molar-refractivity contribution in [2.75, 3.05) is 13.2 Å². The highest BCUT2D eigenvalue weighted by Crippen LogP contribution is 2.30. The molecule has 2 aliphatic rings. The number of hydrogen-bond acceptors (Lipinski definition) is 15. The first-order valence-corrected chi connectivity index (χ1v) is 11.1. The van der Waals surface area contributed by atoms with Gasteiger partial charge in [-0.2, -0.15) is 16.8 Å². The van der Waals surface area contributed by atoms with Crippen LogP contribution in [0.5, 0.6) is 0 Å². The number of ether oxygens (including phenoxy) is 3. The minimum absolute atomic E-state index is 0.969. The molecule has 0 aliphatic carbocycles. The molecule has 0 unspecified atom stereocenters. The molecule has 0 aromatic carbocycles. The van der Waals surface area contributed by atoms with Gasteiger partial charge in [0.15, 0.2) is 12.6 Å². The third-order valence-corrected chi connectivity index (χ3v) is 5.29. The fraction of sp³-hybridized carbons (Fsp3) is 1.00. The fourth-order valence-corrected chi connectivity index (χ4v) is 3.75. The van der Waals surface area contributed by atoms with Gasteiger partial charge in [0.2, 0.25) is 0 Å². The van der Waals surface area contributed by atoms with Gasteiger partial charge in [0, 0.05) is 0 Å². The van der Waals surface area contributed by atoms with Gasteiger partial charge in [-0.25, -0.2) is 8.37 Å². The Kier molecular flexibility index (Phi) is 8.68. The lowest BCUT2D eigenvalue weighted by molar-refractivity contribution is -0.352. The van der Waals surface area contributed by atoms with Crippen LogP contribution >= 0.6 is 0 Å². The van der Waals surface area contributed by atoms with E-state index in [9.17, 15) is 47.5 Å². The summed E-state index contributed by atoms with van der Waals surface area (Å²) < 4.78 is 84.6. The van der Waals surface area contributed by atoms with Crippen molar-refractivity contribution in [3.05, 3.63) is 0 Å². The molecule has 0 bridgehead atoms. The largest absolute Gasteiger partial charge is 0.397 e. The van der Waals surface area contributed by atoms with Gasteiger partial charge in [-0.3, -0.25) is 9.11 Å². The fourth-order valence-electron chi connectivity index (χ4n) is 2.94. The van der Waals surface area contributed by atoms with Gasteiger partial charge < -0.3 is 44.8 Å². The highest BCUT2D eigenvalue weighted by atomic mass is 32.3. The molecule has 8 N–H and O–H groups in total. The molecule has 2 fully saturated rings. The van der Waals surface area contributed by atoms with E-state index in [1.807, 2.05) is 0 Å². The number of rotatable bonds is 8. The van der Waals surface area contributed by atoms with E-state index in [0.717, 1.165) is 0 Å². The Morgan fingerprint density at radius 2 is 1.35 bits per heavy atom. The molecular weight excluding hydrogens is 480 g/mol. The lowest BCUT2D eigenvalue weighted by Gasteiger charge is -2.45. The van der Waals surface area contributed by atoms with E-state index in [0.29, 0.717) is 0 Å². The highest BCUT2D eigenvalue weighted by molar-refractivity contribution is 7.81. The van der Waals surface area contributed by atoms with Crippen molar-refractivity contribution >= 4 is 20.8 Å². The van der Waals surface area contributed by atoms with Crippen LogP contribution in [0, 0.1) is 0 Å². The zero-order chi connectivity index (χ0) is 23.7. The summed E-state index contributed by atoms with van der Waals surface area (Å²) in [6.45, 7) is -2.02. The third-order valence-electron chi connectivity index (χ3n) is 4.39. The first-order valence-electron chi connectivity index (χ1n) is 8.39. The smallest absolute Gasteiger partial charge is 0.394 e. The standard InChI is InChI=1S/C12H22O17S2/c13-1-3-9(10(29-31(22,23)24)8(17)11(18)26-3)28-12-7(16)6(15)5(14)4(27-12)2-25-30(19,20)21/h3-18H,1-2H2,(H,19,20,21)(H,22,23,24)/t3-,4-,5+,6+,7-,8-,9-,10-,11-,12+/m1/s1. The van der Waals surface area contributed by atoms with E-state index in [4.69, 9.17) is 23.3 Å². The molecule has 31 heavy (non-hydrogen) atoms. The zero-order valence-corrected chi connectivity index (χ0v) is 16.9. The average molecular weight is 502 g/mol. The Hall–Kier alpha value is -0.620. The molecule has 2 aliphatic heterocycles. The van der Waals surface area contributed by atoms with Gasteiger partial charge in [0.25, 0.3) is 0 Å². The SMILES string of the molecule is O=S(=O)(O)OC[C@H]1O[C@@H](O[C@H]2[C@H](OS(=O)(=O)O)[C@@H](O)[C@H](O)O[C@@H]2CO)[C@H](O)[C@@H](O)[C@H]1O. The van der Waals surface area contributed by atoms with Crippen LogP contribution in [0.1, 0.15) is 0 Å². The Balaban J connectivity index is 2.27. The molecule has 0 radical (unpaired) electrons. The van der Waals surface area contributed by atoms with Crippen LogP contribution in [0.25, 0.3) is 0 Å². The van der Waals surface area contributed by atoms with E-state index in [1.165, 1.54) is 0 Å². The quantitative estimate of drug-likeness (QED) is 0.143. The Bertz CT molecular complexity index is 800. The Morgan fingerprint density at radius 3 is 1.87 bits per heavy atom. The van der Waals surface area contributed by atoms with E-state index >= 15 is 0 Å². The summed E-state index contributed by atoms with van der Waals surface area (Å²) in [5.41, 5.74) is 0. The molecule has 17 nitrogen and oxygen atoms in total. The lowest BCUT2D eigenvalue weighted by Crippen LogP contribution is -2.65. The molecule has 10 atom stereocenters. The van der Waals surface area contributed by atoms with Crippen molar-refractivity contribution in [2.45, 2.75) is 61.4 Å². The third kappa shape index (κ3) is 6.93. The van der Waals surface area contributed by atoms with E-state index in [-0.39, 0.29) is 0 Å². The predicted molar refractivity (Wildman–Crippen MR) is 89.4 cm³/mol. The summed E-state index contributed by atoms with van der Waals surface area (Å²) in [5, 5.41) is 58.9. The normalized spacial score (nSPS) is 42.5. The lowest BCUT2D eigenvalue weighted by atomic mass is 9.97. The Morgan fingerprint density at radius 1 is 0.742 bits per heavy atom. The van der Waals surface area contributed by atoms with Gasteiger partial charge in [0.05, 0.1) is 13.2 Å². The molecule has 0 aromatic heterocycles. The molecular formula is C12H22O17S2. The van der Waals surface area contributed by atoms with Crippen molar-refractivity contribution in [3.63, 3.8) is 0 Å². The maximum atomic E-state index is 11.1. The van der Waals surface area contributed by atoms with Crippen molar-refractivity contribution in [2.24, 2.45) is 0 Å². The van der Waals surface area contributed by atoms with Gasteiger partial charge in [0.1, 0.15) is 48.8 Å². The molecule has 19 heteroatoms. The summed E-state index contributed by atoms with van der Waals surface area (Å²) in [6, 6.07) is 0. The maximum Gasteiger partial charge on any atom is 0.397 e. The van der Waals surface area contributed by atoms with Crippen LogP contribution in [-0.2, 0) is 43.4 Å². The average Bonchev–Trinajstić information content (AvgIpc) is 2.64. The summed E-state index contributed by atoms with van der Waals surface area (Å²) in [7, 11) is -10.2. The summed E-state index contributed by atoms with van der Waals surface area (Å²) in [4.78, 5) is 0. The van der Waals surface area contributed by atoms with Gasteiger partial charge >= 0.3 is 20.8 Å². The molecule has 2 saturated heterocycles. The van der Waals surface area contributed by atoms with E-state index in [2.05, 4.69) is 8.37 Å². The van der Waals surface area contributed by atoms with Crippen LogP contribution in [0.15, 0.2) is 0 Å².